The number of aliphatic hydroxyl groups excluding tert-OH is 1. The van der Waals surface area contributed by atoms with Crippen molar-refractivity contribution >= 4 is 34.1 Å². The van der Waals surface area contributed by atoms with Crippen LogP contribution in [-0.4, -0.2) is 67.7 Å². The lowest BCUT2D eigenvalue weighted by Crippen LogP contribution is -2.56. The molecule has 2 aliphatic rings. The van der Waals surface area contributed by atoms with Crippen molar-refractivity contribution in [3.05, 3.63) is 40.8 Å². The number of fused-ring (bicyclic) bond motifs is 1. The summed E-state index contributed by atoms with van der Waals surface area (Å²) in [6.45, 7) is 4.06. The molecule has 0 bridgehead atoms. The molecule has 0 unspecified atom stereocenters. The molecule has 32 heavy (non-hydrogen) atoms. The zero-order chi connectivity index (χ0) is 25.0. The molecule has 0 aliphatic carbocycles. The molecule has 2 atom stereocenters. The average molecular weight is 460 g/mol. The lowest BCUT2D eigenvalue weighted by Gasteiger charge is -2.43. The largest absolute Gasteiger partial charge is 0.389 e. The quantitative estimate of drug-likeness (QED) is 0.618. The third-order valence-corrected chi connectivity index (χ3v) is 7.33. The van der Waals surface area contributed by atoms with Crippen molar-refractivity contribution in [2.75, 3.05) is 31.6 Å². The Bertz CT molecular complexity index is 1240. The van der Waals surface area contributed by atoms with Crippen LogP contribution in [0, 0.1) is 6.92 Å². The highest BCUT2D eigenvalue weighted by molar-refractivity contribution is 6.32. The fourth-order valence-electron chi connectivity index (χ4n) is 4.75. The maximum Gasteiger partial charge on any atom is 0.227 e. The minimum atomic E-state index is -2.35. The van der Waals surface area contributed by atoms with Gasteiger partial charge in [-0.1, -0.05) is 11.6 Å². The van der Waals surface area contributed by atoms with E-state index in [9.17, 15) is 5.11 Å². The van der Waals surface area contributed by atoms with E-state index in [0.29, 0.717) is 35.6 Å². The Labute approximate surface area is 196 Å². The van der Waals surface area contributed by atoms with Crippen LogP contribution in [0.25, 0.3) is 10.9 Å². The zero-order valence-corrected chi connectivity index (χ0v) is 18.9. The summed E-state index contributed by atoms with van der Waals surface area (Å²) in [4.78, 5) is 11.4. The molecule has 2 N–H and O–H groups in total. The summed E-state index contributed by atoms with van der Waals surface area (Å²) in [6.07, 6.45) is 4.55. The number of halogens is 1. The second-order valence-electron chi connectivity index (χ2n) is 8.96. The number of rotatable bonds is 4. The number of aromatic nitrogens is 4. The van der Waals surface area contributed by atoms with E-state index in [1.165, 1.54) is 6.20 Å². The van der Waals surface area contributed by atoms with E-state index < -0.39 is 13.1 Å². The van der Waals surface area contributed by atoms with Gasteiger partial charge < -0.3 is 15.2 Å². The van der Waals surface area contributed by atoms with Gasteiger partial charge in [-0.05, 0) is 63.4 Å². The van der Waals surface area contributed by atoms with Crippen LogP contribution in [-0.2, 0) is 11.7 Å². The van der Waals surface area contributed by atoms with Crippen molar-refractivity contribution in [3.63, 3.8) is 0 Å². The van der Waals surface area contributed by atoms with E-state index in [4.69, 9.17) is 20.5 Å². The Kier molecular flexibility index (Phi) is 4.70. The molecule has 2 saturated heterocycles. The van der Waals surface area contributed by atoms with Crippen molar-refractivity contribution in [2.24, 2.45) is 6.98 Å². The molecule has 0 spiro atoms. The SMILES string of the molecule is [2H]C([2H])([2H])n1ncc(Nc2ncc3cc(Cl)c(C4CCN([C@]5(C)COC[C@@H]5O)CC4)cc3n2)c1C. The molecule has 9 heteroatoms. The number of piperidine rings is 1. The van der Waals surface area contributed by atoms with Crippen LogP contribution < -0.4 is 5.32 Å². The highest BCUT2D eigenvalue weighted by Gasteiger charge is 2.45. The Morgan fingerprint density at radius 2 is 2.12 bits per heavy atom. The number of hydrogen-bond acceptors (Lipinski definition) is 7. The molecule has 2 aliphatic heterocycles. The van der Waals surface area contributed by atoms with Crippen LogP contribution in [0.2, 0.25) is 5.02 Å². The van der Waals surface area contributed by atoms with Crippen molar-refractivity contribution in [2.45, 2.75) is 44.2 Å². The van der Waals surface area contributed by atoms with E-state index in [2.05, 4.69) is 32.2 Å². The van der Waals surface area contributed by atoms with E-state index in [1.807, 2.05) is 12.1 Å². The van der Waals surface area contributed by atoms with Gasteiger partial charge in [-0.3, -0.25) is 9.58 Å². The highest BCUT2D eigenvalue weighted by Crippen LogP contribution is 2.38. The Balaban J connectivity index is 1.35. The number of hydrogen-bond donors (Lipinski definition) is 2. The third-order valence-electron chi connectivity index (χ3n) is 7.00. The minimum Gasteiger partial charge on any atom is -0.389 e. The average Bonchev–Trinajstić information content (AvgIpc) is 3.36. The molecule has 170 valence electrons. The van der Waals surface area contributed by atoms with Gasteiger partial charge in [-0.25, -0.2) is 9.97 Å². The van der Waals surface area contributed by atoms with Gasteiger partial charge in [0.15, 0.2) is 0 Å². The molecule has 0 amide bonds. The number of anilines is 2. The zero-order valence-electron chi connectivity index (χ0n) is 21.2. The van der Waals surface area contributed by atoms with Crippen LogP contribution in [0.15, 0.2) is 24.5 Å². The Hall–Kier alpha value is -2.26. The molecular weight excluding hydrogens is 428 g/mol. The van der Waals surface area contributed by atoms with Crippen LogP contribution in [0.5, 0.6) is 0 Å². The van der Waals surface area contributed by atoms with E-state index >= 15 is 0 Å². The van der Waals surface area contributed by atoms with Gasteiger partial charge in [-0.15, -0.1) is 0 Å². The van der Waals surface area contributed by atoms with E-state index in [1.54, 1.807) is 13.1 Å². The van der Waals surface area contributed by atoms with Gasteiger partial charge in [0, 0.05) is 27.7 Å². The number of aliphatic hydroxyl groups is 1. The van der Waals surface area contributed by atoms with Gasteiger partial charge >= 0.3 is 0 Å². The molecule has 4 heterocycles. The summed E-state index contributed by atoms with van der Waals surface area (Å²) in [5.41, 5.74) is 2.50. The van der Waals surface area contributed by atoms with Crippen molar-refractivity contribution in [3.8, 4) is 0 Å². The van der Waals surface area contributed by atoms with Crippen LogP contribution in [0.3, 0.4) is 0 Å². The standard InChI is InChI=1S/C23H29ClN6O2/c1-14-20(11-26-29(14)3)28-22-25-10-16-8-18(24)17(9-19(16)27-22)15-4-6-30(7-5-15)23(2)13-32-12-21(23)31/h8-11,15,21,31H,4-7,12-13H2,1-3H3,(H,25,27,28)/t21-,23+/m0/s1/i3D3. The number of benzene rings is 1. The van der Waals surface area contributed by atoms with Gasteiger partial charge in [-0.2, -0.15) is 5.10 Å². The molecule has 1 aromatic carbocycles. The van der Waals surface area contributed by atoms with Gasteiger partial charge in [0.25, 0.3) is 0 Å². The first-order valence-corrected chi connectivity index (χ1v) is 11.2. The summed E-state index contributed by atoms with van der Waals surface area (Å²) >= 11 is 6.68. The van der Waals surface area contributed by atoms with E-state index in [-0.39, 0.29) is 11.5 Å². The molecule has 8 nitrogen and oxygen atoms in total. The molecule has 0 saturated carbocycles. The number of ether oxygens (including phenoxy) is 1. The Morgan fingerprint density at radius 3 is 2.81 bits per heavy atom. The topological polar surface area (TPSA) is 88.3 Å². The lowest BCUT2D eigenvalue weighted by atomic mass is 9.85. The monoisotopic (exact) mass is 459 g/mol. The highest BCUT2D eigenvalue weighted by atomic mass is 35.5. The van der Waals surface area contributed by atoms with Gasteiger partial charge in [0.05, 0.1) is 48.0 Å². The maximum atomic E-state index is 10.4. The lowest BCUT2D eigenvalue weighted by molar-refractivity contribution is -0.00211. The maximum absolute atomic E-state index is 10.4. The van der Waals surface area contributed by atoms with E-state index in [0.717, 1.165) is 47.1 Å². The predicted molar refractivity (Wildman–Crippen MR) is 125 cm³/mol. The molecule has 3 aromatic rings. The third kappa shape index (κ3) is 3.75. The summed E-state index contributed by atoms with van der Waals surface area (Å²) in [5, 5.41) is 19.0. The second-order valence-corrected chi connectivity index (χ2v) is 9.36. The van der Waals surface area contributed by atoms with Crippen LogP contribution in [0.1, 0.15) is 41.1 Å². The molecule has 2 aromatic heterocycles. The summed E-state index contributed by atoms with van der Waals surface area (Å²) in [5.74, 6) is 0.647. The number of likely N-dealkylation sites (tertiary alicyclic amines) is 1. The number of nitrogens with one attached hydrogen (secondary N) is 1. The van der Waals surface area contributed by atoms with Gasteiger partial charge in [0.2, 0.25) is 5.95 Å². The summed E-state index contributed by atoms with van der Waals surface area (Å²) < 4.78 is 29.2. The van der Waals surface area contributed by atoms with Crippen molar-refractivity contribution in [1.29, 1.82) is 0 Å². The number of nitrogens with zero attached hydrogens (tertiary/aromatic N) is 5. The van der Waals surface area contributed by atoms with Crippen molar-refractivity contribution < 1.29 is 14.0 Å². The first kappa shape index (κ1) is 18.2. The first-order chi connectivity index (χ1) is 16.6. The normalized spacial score (nSPS) is 26.8. The van der Waals surface area contributed by atoms with Crippen molar-refractivity contribution in [1.82, 2.24) is 24.6 Å². The van der Waals surface area contributed by atoms with Crippen LogP contribution in [0.4, 0.5) is 11.6 Å². The molecule has 2 fully saturated rings. The predicted octanol–water partition coefficient (Wildman–Crippen LogP) is 3.40. The number of aryl methyl sites for hydroxylation is 1. The second kappa shape index (κ2) is 8.26. The summed E-state index contributed by atoms with van der Waals surface area (Å²) in [6, 6.07) is 3.93. The fraction of sp³-hybridized carbons (Fsp3) is 0.522. The summed E-state index contributed by atoms with van der Waals surface area (Å²) in [7, 11) is 0. The first-order valence-electron chi connectivity index (χ1n) is 12.4. The molecule has 5 rings (SSSR count). The Morgan fingerprint density at radius 1 is 1.31 bits per heavy atom. The smallest absolute Gasteiger partial charge is 0.227 e. The van der Waals surface area contributed by atoms with Crippen LogP contribution >= 0.6 is 11.6 Å². The minimum absolute atomic E-state index is 0.289. The molecule has 0 radical (unpaired) electrons. The van der Waals surface area contributed by atoms with Gasteiger partial charge in [0.1, 0.15) is 0 Å². The molecular formula is C23H29ClN6O2. The fourth-order valence-corrected chi connectivity index (χ4v) is 5.08.